The predicted octanol–water partition coefficient (Wildman–Crippen LogP) is 4.18. The van der Waals surface area contributed by atoms with Crippen LogP contribution >= 0.6 is 22.6 Å². The third-order valence-corrected chi connectivity index (χ3v) is 4.39. The fourth-order valence-electron chi connectivity index (χ4n) is 1.98. The molecule has 1 amide bonds. The number of nitrogens with one attached hydrogen (secondary N) is 1. The second kappa shape index (κ2) is 7.45. The number of aryl methyl sites for hydroxylation is 2. The number of rotatable bonds is 5. The molecule has 4 heteroatoms. The Kier molecular flexibility index (Phi) is 5.61. The average Bonchev–Trinajstić information content (AvgIpc) is 2.49. The molecule has 0 saturated heterocycles. The van der Waals surface area contributed by atoms with Gasteiger partial charge in [0.05, 0.1) is 7.11 Å². The summed E-state index contributed by atoms with van der Waals surface area (Å²) >= 11 is 2.27. The fourth-order valence-corrected chi connectivity index (χ4v) is 2.50. The number of anilines is 1. The molecule has 0 heterocycles. The minimum atomic E-state index is 0.0254. The van der Waals surface area contributed by atoms with Crippen LogP contribution in [0.5, 0.6) is 5.75 Å². The SMILES string of the molecule is COc1cccc(CCC(=O)Nc2ccc(C)c(I)c2)c1. The van der Waals surface area contributed by atoms with E-state index in [2.05, 4.69) is 34.8 Å². The van der Waals surface area contributed by atoms with Crippen molar-refractivity contribution < 1.29 is 9.53 Å². The lowest BCUT2D eigenvalue weighted by Crippen LogP contribution is -2.12. The van der Waals surface area contributed by atoms with E-state index in [1.807, 2.05) is 42.5 Å². The molecule has 0 spiro atoms. The van der Waals surface area contributed by atoms with Gasteiger partial charge in [0.15, 0.2) is 0 Å². The van der Waals surface area contributed by atoms with E-state index in [1.54, 1.807) is 7.11 Å². The molecule has 2 rings (SSSR count). The maximum absolute atomic E-state index is 12.0. The van der Waals surface area contributed by atoms with E-state index in [4.69, 9.17) is 4.74 Å². The molecular formula is C17H18INO2. The van der Waals surface area contributed by atoms with E-state index in [0.717, 1.165) is 20.6 Å². The van der Waals surface area contributed by atoms with Gasteiger partial charge in [-0.2, -0.15) is 0 Å². The molecule has 1 N–H and O–H groups in total. The smallest absolute Gasteiger partial charge is 0.224 e. The standard InChI is InChI=1S/C17H18INO2/c1-12-6-8-14(11-16(12)18)19-17(20)9-7-13-4-3-5-15(10-13)21-2/h3-6,8,10-11H,7,9H2,1-2H3,(H,19,20). The van der Waals surface area contributed by atoms with E-state index in [9.17, 15) is 4.79 Å². The topological polar surface area (TPSA) is 38.3 Å². The molecule has 0 atom stereocenters. The second-order valence-electron chi connectivity index (χ2n) is 4.86. The molecule has 21 heavy (non-hydrogen) atoms. The van der Waals surface area contributed by atoms with Crippen LogP contribution < -0.4 is 10.1 Å². The van der Waals surface area contributed by atoms with Gasteiger partial charge >= 0.3 is 0 Å². The molecule has 2 aromatic rings. The molecule has 2 aromatic carbocycles. The number of methoxy groups -OCH3 is 1. The van der Waals surface area contributed by atoms with Crippen molar-refractivity contribution in [2.24, 2.45) is 0 Å². The molecule has 0 aliphatic rings. The summed E-state index contributed by atoms with van der Waals surface area (Å²) in [4.78, 5) is 12.0. The lowest BCUT2D eigenvalue weighted by atomic mass is 10.1. The Bertz CT molecular complexity index is 640. The first-order chi connectivity index (χ1) is 10.1. The first-order valence-corrected chi connectivity index (χ1v) is 7.85. The number of benzene rings is 2. The first kappa shape index (κ1) is 15.8. The Hall–Kier alpha value is -1.56. The van der Waals surface area contributed by atoms with E-state index in [0.29, 0.717) is 12.8 Å². The van der Waals surface area contributed by atoms with Gasteiger partial charge in [-0.25, -0.2) is 0 Å². The van der Waals surface area contributed by atoms with Crippen molar-refractivity contribution in [3.8, 4) is 5.75 Å². The van der Waals surface area contributed by atoms with Gasteiger partial charge in [-0.1, -0.05) is 18.2 Å². The molecule has 0 aliphatic carbocycles. The largest absolute Gasteiger partial charge is 0.497 e. The Labute approximate surface area is 138 Å². The molecule has 0 unspecified atom stereocenters. The fraction of sp³-hybridized carbons (Fsp3) is 0.235. The quantitative estimate of drug-likeness (QED) is 0.772. The molecule has 0 saturated carbocycles. The van der Waals surface area contributed by atoms with Crippen LogP contribution in [0.4, 0.5) is 5.69 Å². The molecule has 3 nitrogen and oxygen atoms in total. The van der Waals surface area contributed by atoms with Crippen LogP contribution in [0.3, 0.4) is 0 Å². The van der Waals surface area contributed by atoms with Crippen LogP contribution in [-0.2, 0) is 11.2 Å². The highest BCUT2D eigenvalue weighted by molar-refractivity contribution is 14.1. The van der Waals surface area contributed by atoms with Crippen LogP contribution in [0.15, 0.2) is 42.5 Å². The van der Waals surface area contributed by atoms with Crippen molar-refractivity contribution in [2.45, 2.75) is 19.8 Å². The third kappa shape index (κ3) is 4.74. The van der Waals surface area contributed by atoms with Crippen molar-refractivity contribution in [3.63, 3.8) is 0 Å². The van der Waals surface area contributed by atoms with E-state index < -0.39 is 0 Å². The summed E-state index contributed by atoms with van der Waals surface area (Å²) in [7, 11) is 1.64. The van der Waals surface area contributed by atoms with Crippen LogP contribution in [-0.4, -0.2) is 13.0 Å². The lowest BCUT2D eigenvalue weighted by molar-refractivity contribution is -0.116. The van der Waals surface area contributed by atoms with Crippen molar-refractivity contribution in [1.29, 1.82) is 0 Å². The van der Waals surface area contributed by atoms with Crippen LogP contribution in [0.2, 0.25) is 0 Å². The van der Waals surface area contributed by atoms with Crippen LogP contribution in [0.1, 0.15) is 17.5 Å². The summed E-state index contributed by atoms with van der Waals surface area (Å²) in [6, 6.07) is 13.7. The third-order valence-electron chi connectivity index (χ3n) is 3.23. The lowest BCUT2D eigenvalue weighted by Gasteiger charge is -2.08. The normalized spacial score (nSPS) is 10.2. The highest BCUT2D eigenvalue weighted by atomic mass is 127. The summed E-state index contributed by atoms with van der Waals surface area (Å²) in [5.41, 5.74) is 3.16. The number of ether oxygens (including phenoxy) is 1. The second-order valence-corrected chi connectivity index (χ2v) is 6.03. The zero-order valence-electron chi connectivity index (χ0n) is 12.2. The predicted molar refractivity (Wildman–Crippen MR) is 93.8 cm³/mol. The Morgan fingerprint density at radius 2 is 2.05 bits per heavy atom. The maximum Gasteiger partial charge on any atom is 0.224 e. The van der Waals surface area contributed by atoms with Crippen molar-refractivity contribution in [3.05, 3.63) is 57.2 Å². The molecule has 0 aliphatic heterocycles. The molecule has 0 radical (unpaired) electrons. The number of hydrogen-bond acceptors (Lipinski definition) is 2. The summed E-state index contributed by atoms with van der Waals surface area (Å²) in [5, 5.41) is 2.93. The number of carbonyl (C=O) groups excluding carboxylic acids is 1. The molecular weight excluding hydrogens is 377 g/mol. The van der Waals surface area contributed by atoms with Crippen molar-refractivity contribution >= 4 is 34.2 Å². The Morgan fingerprint density at radius 1 is 1.24 bits per heavy atom. The summed E-state index contributed by atoms with van der Waals surface area (Å²) in [5.74, 6) is 0.846. The van der Waals surface area contributed by atoms with Gasteiger partial charge in [0, 0.05) is 15.7 Å². The average molecular weight is 395 g/mol. The van der Waals surface area contributed by atoms with E-state index in [1.165, 1.54) is 5.56 Å². The first-order valence-electron chi connectivity index (χ1n) is 6.77. The van der Waals surface area contributed by atoms with Gasteiger partial charge < -0.3 is 10.1 Å². The monoisotopic (exact) mass is 395 g/mol. The number of amides is 1. The summed E-state index contributed by atoms with van der Waals surface area (Å²) < 4.78 is 6.33. The minimum absolute atomic E-state index is 0.0254. The van der Waals surface area contributed by atoms with E-state index >= 15 is 0 Å². The van der Waals surface area contributed by atoms with Crippen LogP contribution in [0, 0.1) is 10.5 Å². The van der Waals surface area contributed by atoms with Gasteiger partial charge in [0.1, 0.15) is 5.75 Å². The van der Waals surface area contributed by atoms with Gasteiger partial charge in [-0.3, -0.25) is 4.79 Å². The van der Waals surface area contributed by atoms with Gasteiger partial charge in [-0.05, 0) is 71.3 Å². The zero-order chi connectivity index (χ0) is 15.2. The number of carbonyl (C=O) groups is 1. The summed E-state index contributed by atoms with van der Waals surface area (Å²) in [6.07, 6.45) is 1.16. The minimum Gasteiger partial charge on any atom is -0.497 e. The number of hydrogen-bond donors (Lipinski definition) is 1. The highest BCUT2D eigenvalue weighted by Crippen LogP contribution is 2.18. The van der Waals surface area contributed by atoms with Crippen molar-refractivity contribution in [2.75, 3.05) is 12.4 Å². The molecule has 0 bridgehead atoms. The highest BCUT2D eigenvalue weighted by Gasteiger charge is 2.05. The Balaban J connectivity index is 1.91. The zero-order valence-corrected chi connectivity index (χ0v) is 14.3. The van der Waals surface area contributed by atoms with Gasteiger partial charge in [0.2, 0.25) is 5.91 Å². The van der Waals surface area contributed by atoms with Gasteiger partial charge in [-0.15, -0.1) is 0 Å². The maximum atomic E-state index is 12.0. The Morgan fingerprint density at radius 3 is 2.76 bits per heavy atom. The van der Waals surface area contributed by atoms with Gasteiger partial charge in [0.25, 0.3) is 0 Å². The van der Waals surface area contributed by atoms with E-state index in [-0.39, 0.29) is 5.91 Å². The van der Waals surface area contributed by atoms with Crippen molar-refractivity contribution in [1.82, 2.24) is 0 Å². The summed E-state index contributed by atoms with van der Waals surface area (Å²) in [6.45, 7) is 2.05. The molecule has 110 valence electrons. The molecule has 0 aromatic heterocycles. The number of halogens is 1. The van der Waals surface area contributed by atoms with Crippen LogP contribution in [0.25, 0.3) is 0 Å². The molecule has 0 fully saturated rings.